The minimum atomic E-state index is -3.52. The lowest BCUT2D eigenvalue weighted by Crippen LogP contribution is -2.54. The number of hydrogen-bond acceptors (Lipinski definition) is 7. The van der Waals surface area contributed by atoms with Crippen molar-refractivity contribution < 1.29 is 27.4 Å². The Morgan fingerprint density at radius 1 is 1.02 bits per heavy atom. The van der Waals surface area contributed by atoms with Crippen molar-refractivity contribution in [3.8, 4) is 28.4 Å². The minimum Gasteiger partial charge on any atom is -0.490 e. The maximum Gasteiger partial charge on any atom is 0.254 e. The van der Waals surface area contributed by atoms with Gasteiger partial charge in [0.05, 0.1) is 35.4 Å². The number of nitrogens with zero attached hydrogens (tertiary/aromatic N) is 1. The number of aryl methyl sites for hydroxylation is 3. The summed E-state index contributed by atoms with van der Waals surface area (Å²) < 4.78 is 45.4. The second kappa shape index (κ2) is 12.2. The average Bonchev–Trinajstić information content (AvgIpc) is 2.96. The van der Waals surface area contributed by atoms with E-state index in [0.717, 1.165) is 24.0 Å². The molecule has 2 heterocycles. The summed E-state index contributed by atoms with van der Waals surface area (Å²) in [6.07, 6.45) is 4.38. The molecule has 3 aromatic rings. The van der Waals surface area contributed by atoms with Gasteiger partial charge < -0.3 is 24.1 Å². The number of pyridine rings is 1. The smallest absolute Gasteiger partial charge is 0.254 e. The van der Waals surface area contributed by atoms with E-state index in [1.807, 2.05) is 39.0 Å². The Hall–Kier alpha value is -3.63. The normalized spacial score (nSPS) is 19.7. The molecule has 1 saturated heterocycles. The number of carbonyl (C=O) groups is 1. The second-order valence-electron chi connectivity index (χ2n) is 12.0. The molecule has 1 aliphatic carbocycles. The van der Waals surface area contributed by atoms with Crippen LogP contribution in [0.15, 0.2) is 58.4 Å². The third kappa shape index (κ3) is 6.50. The first-order valence-corrected chi connectivity index (χ1v) is 16.4. The fourth-order valence-corrected chi connectivity index (χ4v) is 6.46. The highest BCUT2D eigenvalue weighted by atomic mass is 32.2. The molecule has 1 saturated carbocycles. The number of hydrogen-bond donors (Lipinski definition) is 1. The predicted molar refractivity (Wildman–Crippen MR) is 165 cm³/mol. The van der Waals surface area contributed by atoms with Gasteiger partial charge in [-0.2, -0.15) is 0 Å². The Morgan fingerprint density at radius 2 is 1.70 bits per heavy atom. The Bertz CT molecular complexity index is 1660. The second-order valence-corrected chi connectivity index (χ2v) is 14.3. The summed E-state index contributed by atoms with van der Waals surface area (Å²) in [5.41, 5.74) is 2.25. The van der Waals surface area contributed by atoms with Gasteiger partial charge in [0.15, 0.2) is 9.84 Å². The maximum absolute atomic E-state index is 12.9. The molecule has 2 aromatic carbocycles. The van der Waals surface area contributed by atoms with Crippen LogP contribution in [0.3, 0.4) is 0 Å². The van der Waals surface area contributed by atoms with Gasteiger partial charge in [-0.1, -0.05) is 25.1 Å². The number of amides is 1. The lowest BCUT2D eigenvalue weighted by molar-refractivity contribution is -0.158. The van der Waals surface area contributed by atoms with Crippen LogP contribution in [-0.2, 0) is 26.4 Å². The van der Waals surface area contributed by atoms with Crippen molar-refractivity contribution in [2.75, 3.05) is 19.0 Å². The molecule has 0 unspecified atom stereocenters. The van der Waals surface area contributed by atoms with E-state index in [0.29, 0.717) is 54.4 Å². The zero-order chi connectivity index (χ0) is 30.9. The van der Waals surface area contributed by atoms with Crippen molar-refractivity contribution in [1.82, 2.24) is 9.88 Å². The molecule has 43 heavy (non-hydrogen) atoms. The van der Waals surface area contributed by atoms with Crippen molar-refractivity contribution in [3.63, 3.8) is 0 Å². The number of aromatic nitrogens is 1. The van der Waals surface area contributed by atoms with Crippen LogP contribution >= 0.6 is 0 Å². The molecule has 10 heteroatoms. The van der Waals surface area contributed by atoms with Crippen LogP contribution in [-0.4, -0.2) is 50.0 Å². The van der Waals surface area contributed by atoms with E-state index >= 15 is 0 Å². The van der Waals surface area contributed by atoms with Crippen LogP contribution in [0.2, 0.25) is 0 Å². The molecule has 2 fully saturated rings. The summed E-state index contributed by atoms with van der Waals surface area (Å²) in [5.74, 6) is 1.48. The highest BCUT2D eigenvalue weighted by Gasteiger charge is 2.42. The molecule has 9 nitrogen and oxygen atoms in total. The highest BCUT2D eigenvalue weighted by Crippen LogP contribution is 2.41. The fourth-order valence-electron chi connectivity index (χ4n) is 5.55. The summed E-state index contributed by atoms with van der Waals surface area (Å²) >= 11 is 0. The SMILES string of the molecule is CCS(=O)(=O)c1ccc(Oc2c(C)cccc2C)c(-c2cn(C)c(=O)cc2OC2CCC(NC(=O)C3(C)COC3)CC2)c1. The predicted octanol–water partition coefficient (Wildman–Crippen LogP) is 5.10. The summed E-state index contributed by atoms with van der Waals surface area (Å²) in [7, 11) is -1.88. The van der Waals surface area contributed by atoms with Crippen molar-refractivity contribution in [2.45, 2.75) is 70.4 Å². The van der Waals surface area contributed by atoms with E-state index in [2.05, 4.69) is 5.32 Å². The molecule has 1 aliphatic heterocycles. The molecular weight excluding hydrogens is 568 g/mol. The van der Waals surface area contributed by atoms with E-state index in [4.69, 9.17) is 14.2 Å². The Labute approximate surface area is 253 Å². The van der Waals surface area contributed by atoms with Gasteiger partial charge in [-0.15, -0.1) is 0 Å². The van der Waals surface area contributed by atoms with Crippen LogP contribution in [0, 0.1) is 19.3 Å². The van der Waals surface area contributed by atoms with Crippen LogP contribution in [0.5, 0.6) is 17.2 Å². The largest absolute Gasteiger partial charge is 0.490 e. The number of ether oxygens (including phenoxy) is 3. The zero-order valence-electron chi connectivity index (χ0n) is 25.4. The lowest BCUT2D eigenvalue weighted by Gasteiger charge is -2.38. The first-order valence-electron chi connectivity index (χ1n) is 14.8. The summed E-state index contributed by atoms with van der Waals surface area (Å²) in [6.45, 7) is 8.32. The van der Waals surface area contributed by atoms with Gasteiger partial charge in [-0.05, 0) is 75.8 Å². The number of rotatable bonds is 9. The minimum absolute atomic E-state index is 0.0234. The van der Waals surface area contributed by atoms with Gasteiger partial charge in [0.25, 0.3) is 5.56 Å². The molecule has 1 aromatic heterocycles. The molecule has 230 valence electrons. The molecular formula is C33H40N2O7S. The topological polar surface area (TPSA) is 113 Å². The highest BCUT2D eigenvalue weighted by molar-refractivity contribution is 7.91. The van der Waals surface area contributed by atoms with E-state index in [9.17, 15) is 18.0 Å². The summed E-state index contributed by atoms with van der Waals surface area (Å²) in [5, 5.41) is 3.16. The first kappa shape index (κ1) is 30.8. The molecule has 0 radical (unpaired) electrons. The van der Waals surface area contributed by atoms with Gasteiger partial charge in [0.1, 0.15) is 17.2 Å². The number of para-hydroxylation sites is 1. The van der Waals surface area contributed by atoms with E-state index in [1.165, 1.54) is 10.6 Å². The molecule has 0 atom stereocenters. The van der Waals surface area contributed by atoms with Gasteiger partial charge in [0, 0.05) is 36.5 Å². The van der Waals surface area contributed by atoms with Gasteiger partial charge in [0.2, 0.25) is 5.91 Å². The van der Waals surface area contributed by atoms with Gasteiger partial charge in [-0.3, -0.25) is 9.59 Å². The van der Waals surface area contributed by atoms with Gasteiger partial charge in [-0.25, -0.2) is 8.42 Å². The van der Waals surface area contributed by atoms with Crippen LogP contribution in [0.4, 0.5) is 0 Å². The summed E-state index contributed by atoms with van der Waals surface area (Å²) in [6, 6.07) is 12.2. The number of nitrogens with one attached hydrogen (secondary N) is 1. The lowest BCUT2D eigenvalue weighted by atomic mass is 9.86. The monoisotopic (exact) mass is 608 g/mol. The third-order valence-electron chi connectivity index (χ3n) is 8.48. The third-order valence-corrected chi connectivity index (χ3v) is 10.2. The van der Waals surface area contributed by atoms with Crippen molar-refractivity contribution in [3.05, 3.63) is 70.1 Å². The maximum atomic E-state index is 12.9. The molecule has 5 rings (SSSR count). The Morgan fingerprint density at radius 3 is 2.30 bits per heavy atom. The molecule has 0 spiro atoms. The zero-order valence-corrected chi connectivity index (χ0v) is 26.3. The number of sulfone groups is 1. The Kier molecular flexibility index (Phi) is 8.72. The molecule has 1 N–H and O–H groups in total. The summed E-state index contributed by atoms with van der Waals surface area (Å²) in [4.78, 5) is 25.6. The van der Waals surface area contributed by atoms with Crippen LogP contribution < -0.4 is 20.3 Å². The van der Waals surface area contributed by atoms with Crippen molar-refractivity contribution >= 4 is 15.7 Å². The van der Waals surface area contributed by atoms with E-state index in [-0.39, 0.29) is 34.3 Å². The quantitative estimate of drug-likeness (QED) is 0.360. The van der Waals surface area contributed by atoms with Crippen molar-refractivity contribution in [1.29, 1.82) is 0 Å². The van der Waals surface area contributed by atoms with E-state index in [1.54, 1.807) is 38.4 Å². The van der Waals surface area contributed by atoms with Crippen LogP contribution in [0.1, 0.15) is 50.7 Å². The molecule has 0 bridgehead atoms. The Balaban J connectivity index is 1.46. The van der Waals surface area contributed by atoms with Crippen molar-refractivity contribution in [2.24, 2.45) is 12.5 Å². The fraction of sp³-hybridized carbons (Fsp3) is 0.455. The van der Waals surface area contributed by atoms with Crippen LogP contribution in [0.25, 0.3) is 11.1 Å². The van der Waals surface area contributed by atoms with Gasteiger partial charge >= 0.3 is 0 Å². The number of carbonyl (C=O) groups excluding carboxylic acids is 1. The molecule has 1 amide bonds. The average molecular weight is 609 g/mol. The number of benzene rings is 2. The molecule has 2 aliphatic rings. The van der Waals surface area contributed by atoms with E-state index < -0.39 is 15.3 Å². The standard InChI is InChI=1S/C33H40N2O7S/c1-6-43(38,39)25-14-15-28(42-31-21(2)8-7-9-22(31)3)26(16-25)27-18-35(5)30(36)17-29(27)41-24-12-10-23(11-13-24)34-32(37)33(4)19-40-20-33/h7-9,14-18,23-24H,6,10-13,19-20H2,1-5H3,(H,34,37). The first-order chi connectivity index (χ1) is 20.4.